The number of piperidine rings is 1. The maximum atomic E-state index is 12.0. The summed E-state index contributed by atoms with van der Waals surface area (Å²) in [5.74, 6) is 0.0484. The van der Waals surface area contributed by atoms with E-state index in [9.17, 15) is 4.79 Å². The summed E-state index contributed by atoms with van der Waals surface area (Å²) in [4.78, 5) is 14.5. The third-order valence-electron chi connectivity index (χ3n) is 3.76. The minimum atomic E-state index is 0.0484. The molecular weight excluding hydrogens is 236 g/mol. The van der Waals surface area contributed by atoms with Crippen LogP contribution in [-0.2, 0) is 6.42 Å². The monoisotopic (exact) mass is 260 g/mol. The topological polar surface area (TPSA) is 32.3 Å². The molecule has 0 unspecified atom stereocenters. The molecule has 1 fully saturated rings. The van der Waals surface area contributed by atoms with Gasteiger partial charge in [-0.3, -0.25) is 4.79 Å². The van der Waals surface area contributed by atoms with Crippen LogP contribution >= 0.6 is 0 Å². The fourth-order valence-corrected chi connectivity index (χ4v) is 2.55. The van der Waals surface area contributed by atoms with E-state index in [0.29, 0.717) is 0 Å². The minimum absolute atomic E-state index is 0.0484. The fraction of sp³-hybridized carbons (Fsp3) is 0.562. The first-order chi connectivity index (χ1) is 9.29. The van der Waals surface area contributed by atoms with Gasteiger partial charge in [0.2, 0.25) is 0 Å². The van der Waals surface area contributed by atoms with Gasteiger partial charge in [0.25, 0.3) is 5.91 Å². The average Bonchev–Trinajstić information content (AvgIpc) is 2.48. The Labute approximate surface area is 116 Å². The van der Waals surface area contributed by atoms with Crippen LogP contribution in [0.4, 0.5) is 0 Å². The van der Waals surface area contributed by atoms with Crippen LogP contribution < -0.4 is 5.32 Å². The van der Waals surface area contributed by atoms with Gasteiger partial charge in [0, 0.05) is 18.7 Å². The van der Waals surface area contributed by atoms with Crippen LogP contribution in [0.2, 0.25) is 0 Å². The van der Waals surface area contributed by atoms with E-state index in [-0.39, 0.29) is 5.91 Å². The van der Waals surface area contributed by atoms with Crippen molar-refractivity contribution in [1.29, 1.82) is 0 Å². The molecule has 1 N–H and O–H groups in total. The highest BCUT2D eigenvalue weighted by Crippen LogP contribution is 2.08. The third-order valence-corrected chi connectivity index (χ3v) is 3.76. The lowest BCUT2D eigenvalue weighted by Gasteiger charge is -2.26. The maximum absolute atomic E-state index is 12.0. The molecule has 0 bridgehead atoms. The van der Waals surface area contributed by atoms with Crippen molar-refractivity contribution in [3.8, 4) is 0 Å². The number of rotatable bonds is 5. The molecule has 0 aliphatic carbocycles. The van der Waals surface area contributed by atoms with Crippen LogP contribution in [0.25, 0.3) is 0 Å². The lowest BCUT2D eigenvalue weighted by Crippen LogP contribution is -2.37. The van der Waals surface area contributed by atoms with Crippen molar-refractivity contribution in [2.75, 3.05) is 26.2 Å². The number of nitrogens with zero attached hydrogens (tertiary/aromatic N) is 1. The molecule has 1 saturated heterocycles. The van der Waals surface area contributed by atoms with E-state index >= 15 is 0 Å². The van der Waals surface area contributed by atoms with Crippen molar-refractivity contribution in [3.63, 3.8) is 0 Å². The largest absolute Gasteiger partial charge is 0.351 e. The van der Waals surface area contributed by atoms with Gasteiger partial charge in [0.1, 0.15) is 0 Å². The normalized spacial score (nSPS) is 16.3. The number of carbonyl (C=O) groups is 1. The zero-order chi connectivity index (χ0) is 13.5. The van der Waals surface area contributed by atoms with Crippen LogP contribution in [0.1, 0.15) is 42.1 Å². The predicted molar refractivity (Wildman–Crippen MR) is 78.4 cm³/mol. The van der Waals surface area contributed by atoms with Crippen molar-refractivity contribution in [3.05, 3.63) is 35.4 Å². The van der Waals surface area contributed by atoms with Crippen molar-refractivity contribution in [2.45, 2.75) is 32.6 Å². The molecule has 1 aliphatic heterocycles. The van der Waals surface area contributed by atoms with Gasteiger partial charge in [-0.2, -0.15) is 0 Å². The molecule has 0 aromatic heterocycles. The van der Waals surface area contributed by atoms with E-state index in [0.717, 1.165) is 25.1 Å². The Bertz CT molecular complexity index is 411. The second-order valence-corrected chi connectivity index (χ2v) is 5.21. The second-order valence-electron chi connectivity index (χ2n) is 5.21. The number of carbonyl (C=O) groups excluding carboxylic acids is 1. The van der Waals surface area contributed by atoms with Gasteiger partial charge in [-0.15, -0.1) is 0 Å². The van der Waals surface area contributed by atoms with Gasteiger partial charge < -0.3 is 10.2 Å². The Morgan fingerprint density at radius 2 is 2.05 bits per heavy atom. The molecule has 1 aromatic carbocycles. The Hall–Kier alpha value is -1.35. The van der Waals surface area contributed by atoms with Gasteiger partial charge in [-0.1, -0.05) is 25.5 Å². The molecule has 0 spiro atoms. The summed E-state index contributed by atoms with van der Waals surface area (Å²) in [5, 5.41) is 3.02. The Balaban J connectivity index is 1.77. The van der Waals surface area contributed by atoms with Crippen LogP contribution in [0.5, 0.6) is 0 Å². The molecule has 104 valence electrons. The van der Waals surface area contributed by atoms with Gasteiger partial charge in [-0.25, -0.2) is 0 Å². The summed E-state index contributed by atoms with van der Waals surface area (Å²) in [6.07, 6.45) is 4.92. The van der Waals surface area contributed by atoms with E-state index in [4.69, 9.17) is 0 Å². The summed E-state index contributed by atoms with van der Waals surface area (Å²) in [7, 11) is 0. The standard InChI is InChI=1S/C16H24N2O/c1-2-14-7-6-8-15(13-14)16(19)17-9-12-18-10-4-3-5-11-18/h6-8,13H,2-5,9-12H2,1H3,(H,17,19). The SMILES string of the molecule is CCc1cccc(C(=O)NCCN2CCCCC2)c1. The third kappa shape index (κ3) is 4.35. The molecule has 0 saturated carbocycles. The van der Waals surface area contributed by atoms with E-state index in [1.807, 2.05) is 18.2 Å². The number of benzene rings is 1. The van der Waals surface area contributed by atoms with E-state index in [2.05, 4.69) is 23.2 Å². The van der Waals surface area contributed by atoms with Gasteiger partial charge in [-0.05, 0) is 50.0 Å². The Morgan fingerprint density at radius 1 is 1.26 bits per heavy atom. The molecule has 1 aromatic rings. The highest BCUT2D eigenvalue weighted by Gasteiger charge is 2.10. The van der Waals surface area contributed by atoms with Crippen LogP contribution in [0.3, 0.4) is 0 Å². The molecule has 3 heteroatoms. The summed E-state index contributed by atoms with van der Waals surface area (Å²) in [5.41, 5.74) is 1.99. The van der Waals surface area contributed by atoms with Crippen molar-refractivity contribution < 1.29 is 4.79 Å². The first-order valence-electron chi connectivity index (χ1n) is 7.39. The smallest absolute Gasteiger partial charge is 0.251 e. The predicted octanol–water partition coefficient (Wildman–Crippen LogP) is 2.46. The molecule has 2 rings (SSSR count). The first kappa shape index (κ1) is 14.1. The van der Waals surface area contributed by atoms with Gasteiger partial charge >= 0.3 is 0 Å². The molecule has 1 aliphatic rings. The lowest BCUT2D eigenvalue weighted by atomic mass is 10.1. The van der Waals surface area contributed by atoms with Crippen molar-refractivity contribution in [2.24, 2.45) is 0 Å². The van der Waals surface area contributed by atoms with Crippen LogP contribution in [-0.4, -0.2) is 37.0 Å². The molecule has 3 nitrogen and oxygen atoms in total. The zero-order valence-corrected chi connectivity index (χ0v) is 11.8. The Kier molecular flexibility index (Phi) is 5.40. The van der Waals surface area contributed by atoms with E-state index < -0.39 is 0 Å². The second kappa shape index (κ2) is 7.29. The van der Waals surface area contributed by atoms with Gasteiger partial charge in [0.05, 0.1) is 0 Å². The molecule has 19 heavy (non-hydrogen) atoms. The highest BCUT2D eigenvalue weighted by molar-refractivity contribution is 5.94. The van der Waals surface area contributed by atoms with Crippen molar-refractivity contribution in [1.82, 2.24) is 10.2 Å². The van der Waals surface area contributed by atoms with Crippen LogP contribution in [0, 0.1) is 0 Å². The number of likely N-dealkylation sites (tertiary alicyclic amines) is 1. The zero-order valence-electron chi connectivity index (χ0n) is 11.8. The number of hydrogen-bond donors (Lipinski definition) is 1. The molecule has 1 amide bonds. The number of nitrogens with one attached hydrogen (secondary N) is 1. The first-order valence-corrected chi connectivity index (χ1v) is 7.39. The lowest BCUT2D eigenvalue weighted by molar-refractivity contribution is 0.0946. The summed E-state index contributed by atoms with van der Waals surface area (Å²) < 4.78 is 0. The van der Waals surface area contributed by atoms with E-state index in [1.165, 1.54) is 37.9 Å². The number of amides is 1. The molecular formula is C16H24N2O. The van der Waals surface area contributed by atoms with Crippen LogP contribution in [0.15, 0.2) is 24.3 Å². The number of aryl methyl sites for hydroxylation is 1. The summed E-state index contributed by atoms with van der Waals surface area (Å²) in [6.45, 7) is 6.18. The van der Waals surface area contributed by atoms with Crippen molar-refractivity contribution >= 4 is 5.91 Å². The molecule has 0 atom stereocenters. The quantitative estimate of drug-likeness (QED) is 0.882. The average molecular weight is 260 g/mol. The Morgan fingerprint density at radius 3 is 2.79 bits per heavy atom. The number of hydrogen-bond acceptors (Lipinski definition) is 2. The maximum Gasteiger partial charge on any atom is 0.251 e. The fourth-order valence-electron chi connectivity index (χ4n) is 2.55. The summed E-state index contributed by atoms with van der Waals surface area (Å²) in [6, 6.07) is 7.88. The minimum Gasteiger partial charge on any atom is -0.351 e. The highest BCUT2D eigenvalue weighted by atomic mass is 16.1. The molecule has 0 radical (unpaired) electrons. The molecule has 1 heterocycles. The van der Waals surface area contributed by atoms with E-state index in [1.54, 1.807) is 0 Å². The summed E-state index contributed by atoms with van der Waals surface area (Å²) >= 11 is 0. The van der Waals surface area contributed by atoms with Gasteiger partial charge in [0.15, 0.2) is 0 Å².